The van der Waals surface area contributed by atoms with E-state index < -0.39 is 23.2 Å². The summed E-state index contributed by atoms with van der Waals surface area (Å²) in [4.78, 5) is 10.6. The van der Waals surface area contributed by atoms with E-state index in [9.17, 15) is 13.6 Å². The van der Waals surface area contributed by atoms with Gasteiger partial charge in [-0.25, -0.2) is 13.6 Å². The largest absolute Gasteiger partial charge is 0.478 e. The Morgan fingerprint density at radius 2 is 2.22 bits per heavy atom. The molecule has 1 aromatic carbocycles. The van der Waals surface area contributed by atoms with E-state index in [1.54, 1.807) is 0 Å². The Bertz CT molecular complexity index is 460. The summed E-state index contributed by atoms with van der Waals surface area (Å²) in [5.74, 6) is -3.55. The number of carboxylic acid groups (broad SMARTS) is 1. The summed E-state index contributed by atoms with van der Waals surface area (Å²) in [6.07, 6.45) is 0.990. The molecule has 6 heteroatoms. The molecular formula is C12H14F2N2O2. The Morgan fingerprint density at radius 1 is 1.44 bits per heavy atom. The first kappa shape index (κ1) is 12.8. The second-order valence-corrected chi connectivity index (χ2v) is 4.33. The lowest BCUT2D eigenvalue weighted by Crippen LogP contribution is -2.18. The van der Waals surface area contributed by atoms with Gasteiger partial charge in [0, 0.05) is 6.54 Å². The summed E-state index contributed by atoms with van der Waals surface area (Å²) in [5.41, 5.74) is -0.648. The number of aromatic carboxylic acids is 1. The maximum absolute atomic E-state index is 13.6. The van der Waals surface area contributed by atoms with Crippen LogP contribution >= 0.6 is 0 Å². The molecule has 1 saturated heterocycles. The van der Waals surface area contributed by atoms with Gasteiger partial charge in [0.15, 0.2) is 11.6 Å². The van der Waals surface area contributed by atoms with Crippen molar-refractivity contribution in [1.29, 1.82) is 0 Å². The van der Waals surface area contributed by atoms with Crippen LogP contribution in [-0.4, -0.2) is 30.7 Å². The van der Waals surface area contributed by atoms with Crippen LogP contribution in [0.5, 0.6) is 0 Å². The number of nitrogens with one attached hydrogen (secondary N) is 2. The molecule has 1 aliphatic rings. The second-order valence-electron chi connectivity index (χ2n) is 4.33. The molecule has 1 atom stereocenters. The van der Waals surface area contributed by atoms with Crippen LogP contribution in [0.2, 0.25) is 0 Å². The van der Waals surface area contributed by atoms with Crippen molar-refractivity contribution in [3.63, 3.8) is 0 Å². The van der Waals surface area contributed by atoms with E-state index >= 15 is 0 Å². The standard InChI is InChI=1S/C12H14F2N2O2/c13-10-8(12(17)18)1-2-9(11(10)14)16-6-7-3-4-15-5-7/h1-2,7,15-16H,3-6H2,(H,17,18). The molecule has 98 valence electrons. The van der Waals surface area contributed by atoms with Gasteiger partial charge in [-0.3, -0.25) is 0 Å². The minimum atomic E-state index is -1.47. The van der Waals surface area contributed by atoms with Crippen molar-refractivity contribution >= 4 is 11.7 Å². The van der Waals surface area contributed by atoms with Crippen molar-refractivity contribution in [3.05, 3.63) is 29.3 Å². The quantitative estimate of drug-likeness (QED) is 0.767. The van der Waals surface area contributed by atoms with Gasteiger partial charge in [-0.15, -0.1) is 0 Å². The number of hydrogen-bond donors (Lipinski definition) is 3. The molecule has 3 N–H and O–H groups in total. The summed E-state index contributed by atoms with van der Waals surface area (Å²) in [6.45, 7) is 2.32. The van der Waals surface area contributed by atoms with E-state index in [-0.39, 0.29) is 5.69 Å². The van der Waals surface area contributed by atoms with E-state index in [0.29, 0.717) is 12.5 Å². The van der Waals surface area contributed by atoms with Crippen molar-refractivity contribution in [2.75, 3.05) is 25.0 Å². The Kier molecular flexibility index (Phi) is 3.76. The zero-order valence-electron chi connectivity index (χ0n) is 9.67. The topological polar surface area (TPSA) is 61.4 Å². The van der Waals surface area contributed by atoms with E-state index in [0.717, 1.165) is 25.6 Å². The predicted octanol–water partition coefficient (Wildman–Crippen LogP) is 1.68. The van der Waals surface area contributed by atoms with Gasteiger partial charge in [0.2, 0.25) is 0 Å². The molecule has 0 radical (unpaired) electrons. The van der Waals surface area contributed by atoms with Crippen molar-refractivity contribution in [1.82, 2.24) is 5.32 Å². The Balaban J connectivity index is 2.09. The number of carbonyl (C=O) groups is 1. The number of hydrogen-bond acceptors (Lipinski definition) is 3. The van der Waals surface area contributed by atoms with Gasteiger partial charge in [0.25, 0.3) is 0 Å². The van der Waals surface area contributed by atoms with Crippen LogP contribution in [0.15, 0.2) is 12.1 Å². The van der Waals surface area contributed by atoms with Crippen LogP contribution in [-0.2, 0) is 0 Å². The van der Waals surface area contributed by atoms with Crippen LogP contribution in [0, 0.1) is 17.6 Å². The highest BCUT2D eigenvalue weighted by atomic mass is 19.2. The van der Waals surface area contributed by atoms with Crippen LogP contribution in [0.4, 0.5) is 14.5 Å². The smallest absolute Gasteiger partial charge is 0.338 e. The van der Waals surface area contributed by atoms with Crippen molar-refractivity contribution in [3.8, 4) is 0 Å². The second kappa shape index (κ2) is 5.30. The Labute approximate surface area is 103 Å². The molecule has 1 unspecified atom stereocenters. The van der Waals surface area contributed by atoms with Crippen LogP contribution in [0.1, 0.15) is 16.8 Å². The average Bonchev–Trinajstić information content (AvgIpc) is 2.83. The third-order valence-electron chi connectivity index (χ3n) is 3.06. The molecule has 0 saturated carbocycles. The highest BCUT2D eigenvalue weighted by Crippen LogP contribution is 2.21. The van der Waals surface area contributed by atoms with Crippen LogP contribution in [0.3, 0.4) is 0 Å². The lowest BCUT2D eigenvalue weighted by Gasteiger charge is -2.12. The summed E-state index contributed by atoms with van der Waals surface area (Å²) in [5, 5.41) is 14.6. The normalized spacial score (nSPS) is 18.9. The third-order valence-corrected chi connectivity index (χ3v) is 3.06. The highest BCUT2D eigenvalue weighted by molar-refractivity contribution is 5.88. The maximum atomic E-state index is 13.6. The summed E-state index contributed by atoms with van der Waals surface area (Å²) in [7, 11) is 0. The van der Waals surface area contributed by atoms with Gasteiger partial charge < -0.3 is 15.7 Å². The van der Waals surface area contributed by atoms with E-state index in [1.165, 1.54) is 6.07 Å². The molecule has 0 bridgehead atoms. The molecule has 0 amide bonds. The molecule has 0 spiro atoms. The number of carboxylic acids is 1. The highest BCUT2D eigenvalue weighted by Gasteiger charge is 2.19. The molecule has 2 rings (SSSR count). The summed E-state index contributed by atoms with van der Waals surface area (Å²) in [6, 6.07) is 2.32. The average molecular weight is 256 g/mol. The first-order chi connectivity index (χ1) is 8.59. The molecule has 18 heavy (non-hydrogen) atoms. The van der Waals surface area contributed by atoms with Crippen molar-refractivity contribution in [2.24, 2.45) is 5.92 Å². The van der Waals surface area contributed by atoms with Gasteiger partial charge in [-0.1, -0.05) is 0 Å². The lowest BCUT2D eigenvalue weighted by atomic mass is 10.1. The number of benzene rings is 1. The molecule has 1 aromatic rings. The van der Waals surface area contributed by atoms with Gasteiger partial charge in [0.1, 0.15) is 0 Å². The molecule has 0 aromatic heterocycles. The van der Waals surface area contributed by atoms with Gasteiger partial charge in [0.05, 0.1) is 11.3 Å². The van der Waals surface area contributed by atoms with Crippen molar-refractivity contribution in [2.45, 2.75) is 6.42 Å². The summed E-state index contributed by atoms with van der Waals surface area (Å²) >= 11 is 0. The van der Waals surface area contributed by atoms with Gasteiger partial charge >= 0.3 is 5.97 Å². The summed E-state index contributed by atoms with van der Waals surface area (Å²) < 4.78 is 27.0. The lowest BCUT2D eigenvalue weighted by molar-refractivity contribution is 0.0690. The Morgan fingerprint density at radius 3 is 2.83 bits per heavy atom. The first-order valence-electron chi connectivity index (χ1n) is 5.75. The third kappa shape index (κ3) is 2.59. The van der Waals surface area contributed by atoms with Crippen molar-refractivity contribution < 1.29 is 18.7 Å². The number of rotatable bonds is 4. The van der Waals surface area contributed by atoms with Crippen LogP contribution < -0.4 is 10.6 Å². The minimum Gasteiger partial charge on any atom is -0.478 e. The number of halogens is 2. The maximum Gasteiger partial charge on any atom is 0.338 e. The van der Waals surface area contributed by atoms with E-state index in [4.69, 9.17) is 5.11 Å². The SMILES string of the molecule is O=C(O)c1ccc(NCC2CCNC2)c(F)c1F. The van der Waals surface area contributed by atoms with Gasteiger partial charge in [-0.2, -0.15) is 0 Å². The minimum absolute atomic E-state index is 0.00407. The fourth-order valence-electron chi connectivity index (χ4n) is 1.99. The molecule has 4 nitrogen and oxygen atoms in total. The van der Waals surface area contributed by atoms with Gasteiger partial charge in [-0.05, 0) is 37.6 Å². The molecule has 1 aliphatic heterocycles. The zero-order valence-corrected chi connectivity index (χ0v) is 9.67. The van der Waals surface area contributed by atoms with E-state index in [1.807, 2.05) is 0 Å². The first-order valence-corrected chi connectivity index (χ1v) is 5.75. The molecule has 1 fully saturated rings. The predicted molar refractivity (Wildman–Crippen MR) is 62.8 cm³/mol. The fraction of sp³-hybridized carbons (Fsp3) is 0.417. The van der Waals surface area contributed by atoms with E-state index in [2.05, 4.69) is 10.6 Å². The van der Waals surface area contributed by atoms with Crippen LogP contribution in [0.25, 0.3) is 0 Å². The molecule has 1 heterocycles. The monoisotopic (exact) mass is 256 g/mol. The zero-order chi connectivity index (χ0) is 13.1. The molecule has 0 aliphatic carbocycles. The molecular weight excluding hydrogens is 242 g/mol. The fourth-order valence-corrected chi connectivity index (χ4v) is 1.99. The Hall–Kier alpha value is -1.69. The number of anilines is 1.